The minimum absolute atomic E-state index is 0.0157. The van der Waals surface area contributed by atoms with E-state index in [2.05, 4.69) is 10.6 Å². The summed E-state index contributed by atoms with van der Waals surface area (Å²) in [6.07, 6.45) is 1.07. The molecular formula is C26H35N3O5. The van der Waals surface area contributed by atoms with Crippen molar-refractivity contribution in [2.75, 3.05) is 20.2 Å². The molecule has 2 aromatic rings. The monoisotopic (exact) mass is 469 g/mol. The molecule has 8 nitrogen and oxygen atoms in total. The molecule has 0 aliphatic carbocycles. The number of nitrogens with one attached hydrogen (secondary N) is 2. The summed E-state index contributed by atoms with van der Waals surface area (Å²) in [5.41, 5.74) is 1.46. The van der Waals surface area contributed by atoms with Crippen LogP contribution in [0.2, 0.25) is 0 Å². The predicted octanol–water partition coefficient (Wildman–Crippen LogP) is 4.47. The van der Waals surface area contributed by atoms with Gasteiger partial charge in [0.25, 0.3) is 0 Å². The zero-order valence-electron chi connectivity index (χ0n) is 20.4. The molecule has 0 bridgehead atoms. The molecule has 0 radical (unpaired) electrons. The standard InChI is InChI=1S/C26H35N3O5/c1-26(2,3)34-25(31)29-14-12-21(13-15-29)28-24(30)27-17-20-10-11-22(23(16-20)32-4)33-18-19-8-6-5-7-9-19/h5-11,16,21H,12-15,17-18H2,1-4H3,(H2,27,28,30). The third-order valence-corrected chi connectivity index (χ3v) is 5.40. The molecule has 1 saturated heterocycles. The van der Waals surface area contributed by atoms with Gasteiger partial charge < -0.3 is 29.7 Å². The van der Waals surface area contributed by atoms with Gasteiger partial charge in [-0.2, -0.15) is 0 Å². The van der Waals surface area contributed by atoms with Gasteiger partial charge in [0, 0.05) is 25.7 Å². The van der Waals surface area contributed by atoms with Crippen LogP contribution in [0.3, 0.4) is 0 Å². The highest BCUT2D eigenvalue weighted by Crippen LogP contribution is 2.29. The smallest absolute Gasteiger partial charge is 0.410 e. The molecule has 3 rings (SSSR count). The van der Waals surface area contributed by atoms with E-state index in [1.54, 1.807) is 12.0 Å². The molecule has 0 spiro atoms. The van der Waals surface area contributed by atoms with E-state index in [-0.39, 0.29) is 18.2 Å². The Morgan fingerprint density at radius 1 is 1.00 bits per heavy atom. The maximum atomic E-state index is 12.4. The number of rotatable bonds is 7. The van der Waals surface area contributed by atoms with E-state index in [0.29, 0.717) is 50.6 Å². The van der Waals surface area contributed by atoms with Crippen LogP contribution in [0.1, 0.15) is 44.7 Å². The molecule has 0 aromatic heterocycles. The van der Waals surface area contributed by atoms with Crippen molar-refractivity contribution in [3.63, 3.8) is 0 Å². The SMILES string of the molecule is COc1cc(CNC(=O)NC2CCN(C(=O)OC(C)(C)C)CC2)ccc1OCc1ccccc1. The van der Waals surface area contributed by atoms with Crippen LogP contribution >= 0.6 is 0 Å². The van der Waals surface area contributed by atoms with Gasteiger partial charge in [-0.15, -0.1) is 0 Å². The average molecular weight is 470 g/mol. The van der Waals surface area contributed by atoms with E-state index in [9.17, 15) is 9.59 Å². The maximum absolute atomic E-state index is 12.4. The Kier molecular flexibility index (Phi) is 8.62. The van der Waals surface area contributed by atoms with Crippen molar-refractivity contribution in [2.24, 2.45) is 0 Å². The highest BCUT2D eigenvalue weighted by Gasteiger charge is 2.27. The second kappa shape index (κ2) is 11.6. The van der Waals surface area contributed by atoms with Gasteiger partial charge in [-0.3, -0.25) is 0 Å². The predicted molar refractivity (Wildman–Crippen MR) is 130 cm³/mol. The maximum Gasteiger partial charge on any atom is 0.410 e. The molecule has 0 unspecified atom stereocenters. The first-order valence-electron chi connectivity index (χ1n) is 11.6. The van der Waals surface area contributed by atoms with Crippen LogP contribution in [0.15, 0.2) is 48.5 Å². The number of urea groups is 1. The molecule has 3 amide bonds. The highest BCUT2D eigenvalue weighted by molar-refractivity contribution is 5.74. The van der Waals surface area contributed by atoms with Crippen LogP contribution in [0.5, 0.6) is 11.5 Å². The summed E-state index contributed by atoms with van der Waals surface area (Å²) in [6.45, 7) is 7.48. The zero-order valence-corrected chi connectivity index (χ0v) is 20.4. The molecular weight excluding hydrogens is 434 g/mol. The Hall–Kier alpha value is -3.42. The van der Waals surface area contributed by atoms with Gasteiger partial charge in [-0.05, 0) is 56.9 Å². The van der Waals surface area contributed by atoms with Crippen molar-refractivity contribution < 1.29 is 23.8 Å². The molecule has 1 aliphatic heterocycles. The van der Waals surface area contributed by atoms with Crippen molar-refractivity contribution in [2.45, 2.75) is 58.4 Å². The van der Waals surface area contributed by atoms with Gasteiger partial charge in [0.05, 0.1) is 7.11 Å². The highest BCUT2D eigenvalue weighted by atomic mass is 16.6. The van der Waals surface area contributed by atoms with Crippen molar-refractivity contribution in [3.8, 4) is 11.5 Å². The van der Waals surface area contributed by atoms with Crippen LogP contribution in [0.25, 0.3) is 0 Å². The topological polar surface area (TPSA) is 89.1 Å². The molecule has 1 fully saturated rings. The van der Waals surface area contributed by atoms with E-state index in [4.69, 9.17) is 14.2 Å². The van der Waals surface area contributed by atoms with Crippen molar-refractivity contribution in [3.05, 3.63) is 59.7 Å². The number of nitrogens with zero attached hydrogens (tertiary/aromatic N) is 1. The number of benzene rings is 2. The Balaban J connectivity index is 1.43. The number of carbonyl (C=O) groups is 2. The Morgan fingerprint density at radius 3 is 2.35 bits per heavy atom. The molecule has 34 heavy (non-hydrogen) atoms. The van der Waals surface area contributed by atoms with Gasteiger partial charge in [0.15, 0.2) is 11.5 Å². The molecule has 8 heteroatoms. The fraction of sp³-hybridized carbons (Fsp3) is 0.462. The third-order valence-electron chi connectivity index (χ3n) is 5.40. The summed E-state index contributed by atoms with van der Waals surface area (Å²) in [6, 6.07) is 15.3. The van der Waals surface area contributed by atoms with Crippen LogP contribution in [0, 0.1) is 0 Å². The first-order valence-corrected chi connectivity index (χ1v) is 11.6. The zero-order chi connectivity index (χ0) is 24.6. The Labute approximate surface area is 201 Å². The lowest BCUT2D eigenvalue weighted by Crippen LogP contribution is -2.49. The van der Waals surface area contributed by atoms with Crippen molar-refractivity contribution >= 4 is 12.1 Å². The minimum atomic E-state index is -0.513. The van der Waals surface area contributed by atoms with Gasteiger partial charge in [0.1, 0.15) is 12.2 Å². The normalized spacial score (nSPS) is 14.3. The van der Waals surface area contributed by atoms with Crippen LogP contribution in [-0.2, 0) is 17.9 Å². The Bertz CT molecular complexity index is 951. The van der Waals surface area contributed by atoms with Gasteiger partial charge >= 0.3 is 12.1 Å². The summed E-state index contributed by atoms with van der Waals surface area (Å²) >= 11 is 0. The lowest BCUT2D eigenvalue weighted by molar-refractivity contribution is 0.0201. The van der Waals surface area contributed by atoms with Gasteiger partial charge in [0.2, 0.25) is 0 Å². The first kappa shape index (κ1) is 25.2. The van der Waals surface area contributed by atoms with Gasteiger partial charge in [-0.1, -0.05) is 36.4 Å². The molecule has 2 N–H and O–H groups in total. The largest absolute Gasteiger partial charge is 0.493 e. The quantitative estimate of drug-likeness (QED) is 0.624. The lowest BCUT2D eigenvalue weighted by Gasteiger charge is -2.33. The van der Waals surface area contributed by atoms with Crippen molar-refractivity contribution in [1.82, 2.24) is 15.5 Å². The number of methoxy groups -OCH3 is 1. The van der Waals surface area contributed by atoms with E-state index in [0.717, 1.165) is 11.1 Å². The van der Waals surface area contributed by atoms with E-state index in [1.807, 2.05) is 69.3 Å². The lowest BCUT2D eigenvalue weighted by atomic mass is 10.1. The molecule has 1 heterocycles. The second-order valence-electron chi connectivity index (χ2n) is 9.33. The number of hydrogen-bond donors (Lipinski definition) is 2. The first-order chi connectivity index (χ1) is 16.2. The van der Waals surface area contributed by atoms with Crippen LogP contribution in [0.4, 0.5) is 9.59 Å². The van der Waals surface area contributed by atoms with Crippen LogP contribution in [-0.4, -0.2) is 48.9 Å². The van der Waals surface area contributed by atoms with E-state index < -0.39 is 5.60 Å². The van der Waals surface area contributed by atoms with Gasteiger partial charge in [-0.25, -0.2) is 9.59 Å². The number of ether oxygens (including phenoxy) is 3. The summed E-state index contributed by atoms with van der Waals surface area (Å²) in [7, 11) is 1.60. The fourth-order valence-corrected chi connectivity index (χ4v) is 3.63. The van der Waals surface area contributed by atoms with Crippen LogP contribution < -0.4 is 20.1 Å². The molecule has 2 aromatic carbocycles. The third kappa shape index (κ3) is 7.86. The average Bonchev–Trinajstić information content (AvgIpc) is 2.81. The second-order valence-corrected chi connectivity index (χ2v) is 9.33. The molecule has 1 aliphatic rings. The number of likely N-dealkylation sites (tertiary alicyclic amines) is 1. The number of amides is 3. The summed E-state index contributed by atoms with van der Waals surface area (Å²) in [5, 5.41) is 5.88. The van der Waals surface area contributed by atoms with E-state index >= 15 is 0 Å². The molecule has 0 saturated carbocycles. The van der Waals surface area contributed by atoms with Crippen molar-refractivity contribution in [1.29, 1.82) is 0 Å². The number of piperidine rings is 1. The molecule has 0 atom stereocenters. The minimum Gasteiger partial charge on any atom is -0.493 e. The Morgan fingerprint density at radius 2 is 1.71 bits per heavy atom. The number of carbonyl (C=O) groups excluding carboxylic acids is 2. The summed E-state index contributed by atoms with van der Waals surface area (Å²) < 4.78 is 16.8. The number of hydrogen-bond acceptors (Lipinski definition) is 5. The summed E-state index contributed by atoms with van der Waals surface area (Å²) in [5.74, 6) is 1.27. The van der Waals surface area contributed by atoms with E-state index in [1.165, 1.54) is 0 Å². The fourth-order valence-electron chi connectivity index (χ4n) is 3.63. The molecule has 184 valence electrons. The summed E-state index contributed by atoms with van der Waals surface area (Å²) in [4.78, 5) is 26.3.